The Bertz CT molecular complexity index is 3150. The van der Waals surface area contributed by atoms with Gasteiger partial charge in [-0.1, -0.05) is 115 Å². The number of fused-ring (bicyclic) bond motifs is 11. The van der Waals surface area contributed by atoms with E-state index in [1.54, 1.807) is 0 Å². The molecule has 9 aromatic carbocycles. The molecule has 0 saturated heterocycles. The van der Waals surface area contributed by atoms with E-state index >= 15 is 0 Å². The Hall–Kier alpha value is -6.84. The Labute approximate surface area is 293 Å². The summed E-state index contributed by atoms with van der Waals surface area (Å²) in [6.45, 7) is 0. The quantitative estimate of drug-likeness (QED) is 0.177. The Morgan fingerprint density at radius 2 is 0.941 bits per heavy atom. The maximum Gasteiger partial charge on any atom is 0.135 e. The SMILES string of the molecule is c1ccc(N(c2ccc3c(ccc4c5ccccc5ccc34)c2)c2ccc3c4ccccc4n(-c4ccc5oc6ccccc6c5c4)c3c2)cc1. The van der Waals surface area contributed by atoms with Gasteiger partial charge in [-0.3, -0.25) is 0 Å². The summed E-state index contributed by atoms with van der Waals surface area (Å²) in [5.41, 5.74) is 8.55. The molecular formula is C48H30N2O. The fraction of sp³-hybridized carbons (Fsp3) is 0. The van der Waals surface area contributed by atoms with Crippen LogP contribution in [0.25, 0.3) is 81.7 Å². The third kappa shape index (κ3) is 4.25. The second-order valence-electron chi connectivity index (χ2n) is 13.4. The first-order valence-electron chi connectivity index (χ1n) is 17.4. The molecule has 0 amide bonds. The van der Waals surface area contributed by atoms with E-state index in [4.69, 9.17) is 4.42 Å². The number of furan rings is 1. The maximum absolute atomic E-state index is 6.21. The fourth-order valence-corrected chi connectivity index (χ4v) is 8.21. The van der Waals surface area contributed by atoms with Crippen LogP contribution in [-0.2, 0) is 0 Å². The standard InChI is InChI=1S/C48H30N2O/c1-2-11-33(12-3-1)49(34-20-25-38-32(28-34)19-24-39-37-13-5-4-10-31(37)18-23-40(38)39)36-21-26-42-41-14-6-8-16-45(41)50(46(42)30-36)35-22-27-48-44(29-35)43-15-7-9-17-47(43)51-48/h1-30H. The fourth-order valence-electron chi connectivity index (χ4n) is 8.21. The van der Waals surface area contributed by atoms with Crippen LogP contribution >= 0.6 is 0 Å². The Morgan fingerprint density at radius 3 is 1.80 bits per heavy atom. The molecule has 0 aliphatic heterocycles. The molecule has 0 aliphatic rings. The van der Waals surface area contributed by atoms with Gasteiger partial charge in [0.1, 0.15) is 11.2 Å². The molecule has 51 heavy (non-hydrogen) atoms. The van der Waals surface area contributed by atoms with Crippen LogP contribution in [0.5, 0.6) is 0 Å². The Kier molecular flexibility index (Phi) is 5.96. The number of benzene rings is 9. The highest BCUT2D eigenvalue weighted by molar-refractivity contribution is 6.18. The highest BCUT2D eigenvalue weighted by Gasteiger charge is 2.19. The molecule has 0 fully saturated rings. The van der Waals surface area contributed by atoms with Crippen LogP contribution < -0.4 is 4.90 Å². The Morgan fingerprint density at radius 1 is 0.333 bits per heavy atom. The van der Waals surface area contributed by atoms with Crippen molar-refractivity contribution in [3.05, 3.63) is 182 Å². The van der Waals surface area contributed by atoms with Crippen molar-refractivity contribution in [1.82, 2.24) is 4.57 Å². The van der Waals surface area contributed by atoms with Gasteiger partial charge < -0.3 is 13.9 Å². The largest absolute Gasteiger partial charge is 0.456 e. The molecule has 2 aromatic heterocycles. The smallest absolute Gasteiger partial charge is 0.135 e. The third-order valence-corrected chi connectivity index (χ3v) is 10.5. The van der Waals surface area contributed by atoms with Gasteiger partial charge in [-0.25, -0.2) is 0 Å². The summed E-state index contributed by atoms with van der Waals surface area (Å²) >= 11 is 0. The van der Waals surface area contributed by atoms with Crippen molar-refractivity contribution in [2.45, 2.75) is 0 Å². The van der Waals surface area contributed by atoms with E-state index in [2.05, 4.69) is 179 Å². The van der Waals surface area contributed by atoms with Gasteiger partial charge in [-0.2, -0.15) is 0 Å². The monoisotopic (exact) mass is 650 g/mol. The van der Waals surface area contributed by atoms with Crippen molar-refractivity contribution in [2.24, 2.45) is 0 Å². The molecule has 0 atom stereocenters. The summed E-state index contributed by atoms with van der Waals surface area (Å²) in [6, 6.07) is 65.7. The summed E-state index contributed by atoms with van der Waals surface area (Å²) in [6.07, 6.45) is 0. The minimum absolute atomic E-state index is 0.897. The highest BCUT2D eigenvalue weighted by atomic mass is 16.3. The van der Waals surface area contributed by atoms with Crippen LogP contribution in [-0.4, -0.2) is 4.57 Å². The Balaban J connectivity index is 1.13. The molecule has 0 unspecified atom stereocenters. The van der Waals surface area contributed by atoms with Crippen LogP contribution in [0, 0.1) is 0 Å². The number of anilines is 3. The lowest BCUT2D eigenvalue weighted by Gasteiger charge is -2.26. The topological polar surface area (TPSA) is 21.3 Å². The van der Waals surface area contributed by atoms with E-state index in [1.807, 2.05) is 12.1 Å². The lowest BCUT2D eigenvalue weighted by molar-refractivity contribution is 0.669. The molecule has 0 saturated carbocycles. The molecule has 3 heteroatoms. The van der Waals surface area contributed by atoms with E-state index in [9.17, 15) is 0 Å². The van der Waals surface area contributed by atoms with Gasteiger partial charge in [0.15, 0.2) is 0 Å². The summed E-state index contributed by atoms with van der Waals surface area (Å²) in [4.78, 5) is 2.37. The zero-order valence-corrected chi connectivity index (χ0v) is 27.6. The van der Waals surface area contributed by atoms with E-state index < -0.39 is 0 Å². The number of aromatic nitrogens is 1. The number of hydrogen-bond donors (Lipinski definition) is 0. The number of nitrogens with zero attached hydrogens (tertiary/aromatic N) is 2. The molecule has 0 bridgehead atoms. The summed E-state index contributed by atoms with van der Waals surface area (Å²) < 4.78 is 8.60. The molecule has 0 aliphatic carbocycles. The summed E-state index contributed by atoms with van der Waals surface area (Å²) in [7, 11) is 0. The van der Waals surface area contributed by atoms with Gasteiger partial charge in [0, 0.05) is 44.3 Å². The molecule has 0 N–H and O–H groups in total. The van der Waals surface area contributed by atoms with Crippen molar-refractivity contribution in [3.8, 4) is 5.69 Å². The average molecular weight is 651 g/mol. The molecule has 238 valence electrons. The average Bonchev–Trinajstić information content (AvgIpc) is 3.73. The maximum atomic E-state index is 6.21. The minimum Gasteiger partial charge on any atom is -0.456 e. The van der Waals surface area contributed by atoms with Crippen molar-refractivity contribution < 1.29 is 4.42 Å². The molecule has 3 nitrogen and oxygen atoms in total. The number of para-hydroxylation sites is 3. The van der Waals surface area contributed by atoms with Gasteiger partial charge in [0.2, 0.25) is 0 Å². The second kappa shape index (κ2) is 10.8. The van der Waals surface area contributed by atoms with Crippen molar-refractivity contribution in [3.63, 3.8) is 0 Å². The minimum atomic E-state index is 0.897. The lowest BCUT2D eigenvalue weighted by Crippen LogP contribution is -2.10. The lowest BCUT2D eigenvalue weighted by atomic mass is 9.96. The van der Waals surface area contributed by atoms with Crippen molar-refractivity contribution >= 4 is 93.1 Å². The summed E-state index contributed by atoms with van der Waals surface area (Å²) in [5, 5.41) is 12.3. The molecule has 0 radical (unpaired) electrons. The molecule has 11 rings (SSSR count). The predicted octanol–water partition coefficient (Wildman–Crippen LogP) is 13.6. The van der Waals surface area contributed by atoms with Gasteiger partial charge in [-0.15, -0.1) is 0 Å². The molecular weight excluding hydrogens is 621 g/mol. The first-order chi connectivity index (χ1) is 25.3. The van der Waals surface area contributed by atoms with Gasteiger partial charge in [0.05, 0.1) is 11.0 Å². The van der Waals surface area contributed by atoms with Crippen LogP contribution in [0.4, 0.5) is 17.1 Å². The van der Waals surface area contributed by atoms with Crippen LogP contribution in [0.3, 0.4) is 0 Å². The van der Waals surface area contributed by atoms with E-state index in [0.717, 1.165) is 50.2 Å². The van der Waals surface area contributed by atoms with E-state index in [0.29, 0.717) is 0 Å². The van der Waals surface area contributed by atoms with Gasteiger partial charge >= 0.3 is 0 Å². The molecule has 11 aromatic rings. The first-order valence-corrected chi connectivity index (χ1v) is 17.4. The van der Waals surface area contributed by atoms with Crippen LogP contribution in [0.2, 0.25) is 0 Å². The van der Waals surface area contributed by atoms with Crippen molar-refractivity contribution in [2.75, 3.05) is 4.90 Å². The van der Waals surface area contributed by atoms with Crippen LogP contribution in [0.15, 0.2) is 186 Å². The normalized spacial score (nSPS) is 11.9. The van der Waals surface area contributed by atoms with Gasteiger partial charge in [-0.05, 0) is 99.0 Å². The third-order valence-electron chi connectivity index (χ3n) is 10.5. The summed E-state index contributed by atoms with van der Waals surface area (Å²) in [5.74, 6) is 0. The predicted molar refractivity (Wildman–Crippen MR) is 215 cm³/mol. The van der Waals surface area contributed by atoms with Crippen LogP contribution in [0.1, 0.15) is 0 Å². The second-order valence-corrected chi connectivity index (χ2v) is 13.4. The molecule has 2 heterocycles. The number of rotatable bonds is 4. The number of hydrogen-bond acceptors (Lipinski definition) is 2. The zero-order valence-electron chi connectivity index (χ0n) is 27.6. The molecule has 0 spiro atoms. The van der Waals surface area contributed by atoms with Gasteiger partial charge in [0.25, 0.3) is 0 Å². The highest BCUT2D eigenvalue weighted by Crippen LogP contribution is 2.42. The van der Waals surface area contributed by atoms with Crippen molar-refractivity contribution in [1.29, 1.82) is 0 Å². The zero-order chi connectivity index (χ0) is 33.5. The van der Waals surface area contributed by atoms with E-state index in [1.165, 1.54) is 48.6 Å². The van der Waals surface area contributed by atoms with E-state index in [-0.39, 0.29) is 0 Å². The first kappa shape index (κ1) is 28.0.